The monoisotopic (exact) mass is 615 g/mol. The van der Waals surface area contributed by atoms with Gasteiger partial charge in [0.25, 0.3) is 10.0 Å². The zero-order valence-corrected chi connectivity index (χ0v) is 26.5. The van der Waals surface area contributed by atoms with E-state index in [9.17, 15) is 18.0 Å². The van der Waals surface area contributed by atoms with Crippen LogP contribution in [0, 0.1) is 6.92 Å². The Morgan fingerprint density at radius 3 is 2.10 bits per heavy atom. The van der Waals surface area contributed by atoms with E-state index in [-0.39, 0.29) is 28.1 Å². The Kier molecular flexibility index (Phi) is 10.5. The summed E-state index contributed by atoms with van der Waals surface area (Å²) >= 11 is 6.37. The predicted octanol–water partition coefficient (Wildman–Crippen LogP) is 5.19. The van der Waals surface area contributed by atoms with Gasteiger partial charge in [0.05, 0.1) is 29.8 Å². The Morgan fingerprint density at radius 2 is 1.57 bits per heavy atom. The topological polar surface area (TPSA) is 105 Å². The molecule has 0 heterocycles. The van der Waals surface area contributed by atoms with Crippen molar-refractivity contribution in [3.8, 4) is 11.5 Å². The molecule has 0 aromatic heterocycles. The van der Waals surface area contributed by atoms with Crippen molar-refractivity contribution in [1.29, 1.82) is 0 Å². The average Bonchev–Trinajstić information content (AvgIpc) is 2.93. The van der Waals surface area contributed by atoms with Crippen LogP contribution in [0.25, 0.3) is 0 Å². The number of methoxy groups -OCH3 is 2. The van der Waals surface area contributed by atoms with Crippen LogP contribution in [0.3, 0.4) is 0 Å². The van der Waals surface area contributed by atoms with Crippen molar-refractivity contribution in [2.75, 3.05) is 25.1 Å². The molecule has 0 aliphatic heterocycles. The summed E-state index contributed by atoms with van der Waals surface area (Å²) in [5.41, 5.74) is 1.25. The van der Waals surface area contributed by atoms with Crippen LogP contribution in [0.15, 0.2) is 71.6 Å². The van der Waals surface area contributed by atoms with Crippen molar-refractivity contribution in [2.45, 2.75) is 57.6 Å². The fourth-order valence-corrected chi connectivity index (χ4v) is 5.82. The van der Waals surface area contributed by atoms with Gasteiger partial charge in [-0.25, -0.2) is 8.42 Å². The summed E-state index contributed by atoms with van der Waals surface area (Å²) in [6.45, 7) is 8.47. The van der Waals surface area contributed by atoms with E-state index in [1.54, 1.807) is 50.4 Å². The zero-order chi connectivity index (χ0) is 31.2. The minimum atomic E-state index is -4.22. The van der Waals surface area contributed by atoms with Gasteiger partial charge in [-0.05, 0) is 82.6 Å². The summed E-state index contributed by atoms with van der Waals surface area (Å²) in [7, 11) is -1.22. The van der Waals surface area contributed by atoms with Crippen LogP contribution in [0.2, 0.25) is 5.02 Å². The lowest BCUT2D eigenvalue weighted by molar-refractivity contribution is -0.140. The Hall–Kier alpha value is -3.76. The third-order valence-corrected chi connectivity index (χ3v) is 8.57. The number of nitrogens with zero attached hydrogens (tertiary/aromatic N) is 2. The molecule has 0 bridgehead atoms. The van der Waals surface area contributed by atoms with Gasteiger partial charge >= 0.3 is 0 Å². The third-order valence-electron chi connectivity index (χ3n) is 6.49. The number of anilines is 1. The van der Waals surface area contributed by atoms with E-state index in [0.29, 0.717) is 11.5 Å². The Balaban J connectivity index is 2.07. The van der Waals surface area contributed by atoms with E-state index >= 15 is 0 Å². The molecule has 3 aromatic rings. The molecule has 3 rings (SSSR count). The molecule has 0 aliphatic carbocycles. The van der Waals surface area contributed by atoms with Crippen LogP contribution in [-0.4, -0.2) is 57.5 Å². The van der Waals surface area contributed by atoms with E-state index < -0.39 is 34.1 Å². The average molecular weight is 616 g/mol. The minimum absolute atomic E-state index is 0.00747. The van der Waals surface area contributed by atoms with Gasteiger partial charge in [0.2, 0.25) is 11.8 Å². The molecular formula is C31H38ClN3O6S. The summed E-state index contributed by atoms with van der Waals surface area (Å²) in [6, 6.07) is 17.0. The predicted molar refractivity (Wildman–Crippen MR) is 165 cm³/mol. The largest absolute Gasteiger partial charge is 0.497 e. The molecule has 0 saturated carbocycles. The number of aryl methyl sites for hydroxylation is 1. The first-order valence-electron chi connectivity index (χ1n) is 13.3. The Morgan fingerprint density at radius 1 is 0.952 bits per heavy atom. The first-order chi connectivity index (χ1) is 19.7. The molecule has 9 nitrogen and oxygen atoms in total. The third kappa shape index (κ3) is 8.17. The molecule has 0 spiro atoms. The van der Waals surface area contributed by atoms with Crippen LogP contribution in [-0.2, 0) is 26.2 Å². The normalized spacial score (nSPS) is 12.3. The maximum Gasteiger partial charge on any atom is 0.264 e. The van der Waals surface area contributed by atoms with Crippen LogP contribution < -0.4 is 19.1 Å². The number of nitrogens with one attached hydrogen (secondary N) is 1. The SMILES string of the molecule is COc1ccc(CN(C(=O)CN(c2ccc(OC)c(Cl)c2)S(=O)(=O)c2ccc(C)cc2)[C@H](C)C(=O)NC(C)(C)C)cc1. The summed E-state index contributed by atoms with van der Waals surface area (Å²) in [5.74, 6) is 0.0461. The Bertz CT molecular complexity index is 1500. The number of rotatable bonds is 11. The molecular weight excluding hydrogens is 578 g/mol. The molecule has 1 atom stereocenters. The van der Waals surface area contributed by atoms with E-state index in [0.717, 1.165) is 15.4 Å². The highest BCUT2D eigenvalue weighted by atomic mass is 35.5. The highest BCUT2D eigenvalue weighted by Crippen LogP contribution is 2.32. The van der Waals surface area contributed by atoms with Gasteiger partial charge in [0.15, 0.2) is 0 Å². The highest BCUT2D eigenvalue weighted by Gasteiger charge is 2.33. The lowest BCUT2D eigenvalue weighted by Crippen LogP contribution is -2.54. The molecule has 0 fully saturated rings. The van der Waals surface area contributed by atoms with Crippen molar-refractivity contribution < 1.29 is 27.5 Å². The van der Waals surface area contributed by atoms with Gasteiger partial charge in [-0.15, -0.1) is 0 Å². The van der Waals surface area contributed by atoms with Gasteiger partial charge in [-0.1, -0.05) is 41.4 Å². The molecule has 1 N–H and O–H groups in total. The molecule has 11 heteroatoms. The van der Waals surface area contributed by atoms with Crippen molar-refractivity contribution in [3.63, 3.8) is 0 Å². The molecule has 42 heavy (non-hydrogen) atoms. The maximum atomic E-state index is 14.1. The number of carbonyl (C=O) groups is 2. The lowest BCUT2D eigenvalue weighted by Gasteiger charge is -2.33. The molecule has 0 radical (unpaired) electrons. The molecule has 2 amide bonds. The van der Waals surface area contributed by atoms with E-state index in [4.69, 9.17) is 21.1 Å². The number of amides is 2. The van der Waals surface area contributed by atoms with Gasteiger partial charge < -0.3 is 19.7 Å². The number of ether oxygens (including phenoxy) is 2. The first-order valence-corrected chi connectivity index (χ1v) is 15.2. The van der Waals surface area contributed by atoms with Crippen LogP contribution >= 0.6 is 11.6 Å². The van der Waals surface area contributed by atoms with E-state index in [1.165, 1.54) is 42.3 Å². The van der Waals surface area contributed by atoms with E-state index in [1.807, 2.05) is 27.7 Å². The van der Waals surface area contributed by atoms with E-state index in [2.05, 4.69) is 5.32 Å². The summed E-state index contributed by atoms with van der Waals surface area (Å²) in [5, 5.41) is 3.09. The van der Waals surface area contributed by atoms with Gasteiger partial charge in [-0.2, -0.15) is 0 Å². The fourth-order valence-electron chi connectivity index (χ4n) is 4.16. The second-order valence-corrected chi connectivity index (χ2v) is 13.2. The molecule has 0 saturated heterocycles. The van der Waals surface area contributed by atoms with Crippen LogP contribution in [0.4, 0.5) is 5.69 Å². The molecule has 226 valence electrons. The Labute approximate surface area is 253 Å². The summed E-state index contributed by atoms with van der Waals surface area (Å²) < 4.78 is 39.4. The van der Waals surface area contributed by atoms with Crippen molar-refractivity contribution in [2.24, 2.45) is 0 Å². The van der Waals surface area contributed by atoms with Crippen LogP contribution in [0.1, 0.15) is 38.8 Å². The van der Waals surface area contributed by atoms with Crippen molar-refractivity contribution >= 4 is 39.1 Å². The quantitative estimate of drug-likeness (QED) is 0.318. The summed E-state index contributed by atoms with van der Waals surface area (Å²) in [4.78, 5) is 28.7. The summed E-state index contributed by atoms with van der Waals surface area (Å²) in [6.07, 6.45) is 0. The number of sulfonamides is 1. The number of hydrogen-bond acceptors (Lipinski definition) is 6. The number of benzene rings is 3. The van der Waals surface area contributed by atoms with Crippen molar-refractivity contribution in [3.05, 3.63) is 82.9 Å². The second kappa shape index (κ2) is 13.5. The number of carbonyl (C=O) groups excluding carboxylic acids is 2. The van der Waals surface area contributed by atoms with Crippen LogP contribution in [0.5, 0.6) is 11.5 Å². The maximum absolute atomic E-state index is 14.1. The lowest BCUT2D eigenvalue weighted by atomic mass is 10.1. The second-order valence-electron chi connectivity index (χ2n) is 10.9. The van der Waals surface area contributed by atoms with Gasteiger partial charge in [0.1, 0.15) is 24.1 Å². The molecule has 0 aliphatic rings. The zero-order valence-electron chi connectivity index (χ0n) is 25.0. The number of hydrogen-bond donors (Lipinski definition) is 1. The smallest absolute Gasteiger partial charge is 0.264 e. The minimum Gasteiger partial charge on any atom is -0.497 e. The standard InChI is InChI=1S/C31H38ClN3O6S/c1-21-8-15-26(16-9-21)42(38,39)35(24-12-17-28(41-7)27(32)18-24)20-29(36)34(22(2)30(37)33-31(3,4)5)19-23-10-13-25(40-6)14-11-23/h8-18,22H,19-20H2,1-7H3,(H,33,37)/t22-/m1/s1. The molecule has 0 unspecified atom stereocenters. The fraction of sp³-hybridized carbons (Fsp3) is 0.355. The van der Waals surface area contributed by atoms with Crippen molar-refractivity contribution in [1.82, 2.24) is 10.2 Å². The van der Waals surface area contributed by atoms with Gasteiger partial charge in [0, 0.05) is 12.1 Å². The molecule has 3 aromatic carbocycles. The highest BCUT2D eigenvalue weighted by molar-refractivity contribution is 7.92. The first kappa shape index (κ1) is 32.8. The number of halogens is 1. The van der Waals surface area contributed by atoms with Gasteiger partial charge in [-0.3, -0.25) is 13.9 Å².